The van der Waals surface area contributed by atoms with E-state index in [0.717, 1.165) is 42.2 Å². The predicted molar refractivity (Wildman–Crippen MR) is 137 cm³/mol. The van der Waals surface area contributed by atoms with Crippen molar-refractivity contribution in [2.75, 3.05) is 11.9 Å². The monoisotopic (exact) mass is 509 g/mol. The number of furan rings is 1. The number of hydrogen-bond acceptors (Lipinski definition) is 5. The standard InChI is InChI=1S/C26H21Cl2N3O2S/c27-18-7-6-16(12-19(18)28)20-8-9-21(33-20)24-29-25(32)23-17-10-11-31(13-15-4-2-1-3-5-15)14-22(17)34-26(23)30-24/h1-9,12,24,30H,10-11,13-14H2,(H,29,32). The number of carbonyl (C=O) groups is 1. The number of carbonyl (C=O) groups excluding carboxylic acids is 1. The maximum absolute atomic E-state index is 13.1. The molecule has 1 amide bonds. The van der Waals surface area contributed by atoms with E-state index in [1.54, 1.807) is 23.5 Å². The Labute approximate surface area is 211 Å². The Kier molecular flexibility index (Phi) is 5.62. The molecule has 2 N–H and O–H groups in total. The summed E-state index contributed by atoms with van der Waals surface area (Å²) in [5.74, 6) is 1.25. The molecule has 0 bridgehead atoms. The zero-order chi connectivity index (χ0) is 23.2. The van der Waals surface area contributed by atoms with Crippen LogP contribution in [0.25, 0.3) is 11.3 Å². The van der Waals surface area contributed by atoms with Gasteiger partial charge in [-0.1, -0.05) is 53.5 Å². The number of benzene rings is 2. The highest BCUT2D eigenvalue weighted by Crippen LogP contribution is 2.41. The van der Waals surface area contributed by atoms with Crippen molar-refractivity contribution in [2.45, 2.75) is 25.7 Å². The lowest BCUT2D eigenvalue weighted by atomic mass is 10.0. The second kappa shape index (κ2) is 8.78. The number of thiophene rings is 1. The molecule has 2 aromatic heterocycles. The molecule has 34 heavy (non-hydrogen) atoms. The van der Waals surface area contributed by atoms with Gasteiger partial charge in [0, 0.05) is 30.1 Å². The number of rotatable bonds is 4. The van der Waals surface area contributed by atoms with E-state index in [9.17, 15) is 4.79 Å². The van der Waals surface area contributed by atoms with Crippen molar-refractivity contribution in [3.05, 3.63) is 98.0 Å². The fraction of sp³-hybridized carbons (Fsp3) is 0.192. The van der Waals surface area contributed by atoms with Gasteiger partial charge in [0.2, 0.25) is 0 Å². The van der Waals surface area contributed by atoms with Crippen molar-refractivity contribution in [1.29, 1.82) is 0 Å². The molecule has 2 aliphatic heterocycles. The van der Waals surface area contributed by atoms with Crippen LogP contribution in [0.4, 0.5) is 5.00 Å². The van der Waals surface area contributed by atoms with Crippen LogP contribution >= 0.6 is 34.5 Å². The van der Waals surface area contributed by atoms with E-state index < -0.39 is 6.17 Å². The first-order valence-corrected chi connectivity index (χ1v) is 12.7. The van der Waals surface area contributed by atoms with Crippen molar-refractivity contribution in [3.63, 3.8) is 0 Å². The number of halogens is 2. The molecule has 0 aliphatic carbocycles. The average Bonchev–Trinajstić information content (AvgIpc) is 3.46. The maximum atomic E-state index is 13.1. The Morgan fingerprint density at radius 2 is 1.88 bits per heavy atom. The quantitative estimate of drug-likeness (QED) is 0.320. The molecule has 5 nitrogen and oxygen atoms in total. The van der Waals surface area contributed by atoms with Gasteiger partial charge in [-0.3, -0.25) is 9.69 Å². The van der Waals surface area contributed by atoms with E-state index in [4.69, 9.17) is 27.6 Å². The molecule has 2 aliphatic rings. The second-order valence-corrected chi connectivity index (χ2v) is 10.5. The first-order valence-electron chi connectivity index (χ1n) is 11.1. The zero-order valence-corrected chi connectivity index (χ0v) is 20.4. The largest absolute Gasteiger partial charge is 0.457 e. The van der Waals surface area contributed by atoms with E-state index >= 15 is 0 Å². The molecule has 8 heteroatoms. The Bertz CT molecular complexity index is 1380. The molecule has 172 valence electrons. The molecule has 0 radical (unpaired) electrons. The Morgan fingerprint density at radius 3 is 2.71 bits per heavy atom. The van der Waals surface area contributed by atoms with Crippen LogP contribution in [0.2, 0.25) is 10.0 Å². The van der Waals surface area contributed by atoms with E-state index in [1.165, 1.54) is 16.0 Å². The Balaban J connectivity index is 1.22. The van der Waals surface area contributed by atoms with Crippen LogP contribution in [0.5, 0.6) is 0 Å². The minimum Gasteiger partial charge on any atom is -0.457 e. The van der Waals surface area contributed by atoms with E-state index in [1.807, 2.05) is 24.3 Å². The summed E-state index contributed by atoms with van der Waals surface area (Å²) in [4.78, 5) is 16.8. The topological polar surface area (TPSA) is 57.5 Å². The number of amides is 1. The summed E-state index contributed by atoms with van der Waals surface area (Å²) in [5, 5.41) is 8.42. The number of nitrogens with one attached hydrogen (secondary N) is 2. The molecular formula is C26H21Cl2N3O2S. The molecule has 4 aromatic rings. The third-order valence-electron chi connectivity index (χ3n) is 6.28. The third kappa shape index (κ3) is 4.01. The van der Waals surface area contributed by atoms with Gasteiger partial charge in [0.15, 0.2) is 6.17 Å². The fourth-order valence-corrected chi connectivity index (χ4v) is 6.21. The zero-order valence-electron chi connectivity index (χ0n) is 18.1. The molecule has 1 atom stereocenters. The molecule has 4 heterocycles. The van der Waals surface area contributed by atoms with Crippen molar-refractivity contribution >= 4 is 45.4 Å². The number of anilines is 1. The van der Waals surface area contributed by atoms with E-state index in [0.29, 0.717) is 21.6 Å². The molecule has 0 fully saturated rings. The van der Waals surface area contributed by atoms with Crippen molar-refractivity contribution in [2.24, 2.45) is 0 Å². The number of nitrogens with zero attached hydrogens (tertiary/aromatic N) is 1. The average molecular weight is 510 g/mol. The van der Waals surface area contributed by atoms with Crippen LogP contribution in [-0.2, 0) is 19.5 Å². The van der Waals surface area contributed by atoms with Gasteiger partial charge in [-0.15, -0.1) is 11.3 Å². The van der Waals surface area contributed by atoms with E-state index in [-0.39, 0.29) is 5.91 Å². The first kappa shape index (κ1) is 21.7. The SMILES string of the molecule is O=C1NC(c2ccc(-c3ccc(Cl)c(Cl)c3)o2)Nc2sc3c(c21)CCN(Cc1ccccc1)C3. The summed E-state index contributed by atoms with van der Waals surface area (Å²) in [7, 11) is 0. The summed E-state index contributed by atoms with van der Waals surface area (Å²) in [5.41, 5.74) is 4.09. The molecule has 1 unspecified atom stereocenters. The normalized spacial score (nSPS) is 17.6. The maximum Gasteiger partial charge on any atom is 0.256 e. The van der Waals surface area contributed by atoms with Gasteiger partial charge in [-0.2, -0.15) is 0 Å². The van der Waals surface area contributed by atoms with Gasteiger partial charge in [0.25, 0.3) is 5.91 Å². The molecular weight excluding hydrogens is 489 g/mol. The minimum atomic E-state index is -0.433. The molecule has 0 saturated carbocycles. The van der Waals surface area contributed by atoms with Gasteiger partial charge in [0.1, 0.15) is 16.5 Å². The molecule has 0 spiro atoms. The number of hydrogen-bond donors (Lipinski definition) is 2. The fourth-order valence-electron chi connectivity index (χ4n) is 4.60. The highest BCUT2D eigenvalue weighted by atomic mass is 35.5. The van der Waals surface area contributed by atoms with Crippen molar-refractivity contribution in [3.8, 4) is 11.3 Å². The summed E-state index contributed by atoms with van der Waals surface area (Å²) in [6.45, 7) is 2.70. The molecule has 6 rings (SSSR count). The van der Waals surface area contributed by atoms with Gasteiger partial charge in [0.05, 0.1) is 15.6 Å². The van der Waals surface area contributed by atoms with Crippen LogP contribution in [0.15, 0.2) is 65.1 Å². The van der Waals surface area contributed by atoms with Crippen LogP contribution < -0.4 is 10.6 Å². The van der Waals surface area contributed by atoms with Gasteiger partial charge in [-0.05, 0) is 47.9 Å². The summed E-state index contributed by atoms with van der Waals surface area (Å²) >= 11 is 13.9. The lowest BCUT2D eigenvalue weighted by Crippen LogP contribution is -2.38. The van der Waals surface area contributed by atoms with Crippen LogP contribution in [-0.4, -0.2) is 17.4 Å². The van der Waals surface area contributed by atoms with Crippen LogP contribution in [0.3, 0.4) is 0 Å². The van der Waals surface area contributed by atoms with Crippen LogP contribution in [0.1, 0.15) is 38.3 Å². The Morgan fingerprint density at radius 1 is 1.03 bits per heavy atom. The highest BCUT2D eigenvalue weighted by Gasteiger charge is 2.34. The lowest BCUT2D eigenvalue weighted by molar-refractivity contribution is 0.0930. The smallest absolute Gasteiger partial charge is 0.256 e. The summed E-state index contributed by atoms with van der Waals surface area (Å²) in [6, 6.07) is 19.6. The minimum absolute atomic E-state index is 0.0553. The van der Waals surface area contributed by atoms with Gasteiger partial charge >= 0.3 is 0 Å². The summed E-state index contributed by atoms with van der Waals surface area (Å²) < 4.78 is 6.07. The summed E-state index contributed by atoms with van der Waals surface area (Å²) in [6.07, 6.45) is 0.438. The highest BCUT2D eigenvalue weighted by molar-refractivity contribution is 7.16. The molecule has 2 aromatic carbocycles. The van der Waals surface area contributed by atoms with Crippen molar-refractivity contribution in [1.82, 2.24) is 10.2 Å². The first-order chi connectivity index (χ1) is 16.5. The molecule has 0 saturated heterocycles. The second-order valence-electron chi connectivity index (χ2n) is 8.54. The van der Waals surface area contributed by atoms with Crippen LogP contribution in [0, 0.1) is 0 Å². The van der Waals surface area contributed by atoms with E-state index in [2.05, 4.69) is 39.8 Å². The Hall–Kier alpha value is -2.77. The van der Waals surface area contributed by atoms with Crippen molar-refractivity contribution < 1.29 is 9.21 Å². The predicted octanol–water partition coefficient (Wildman–Crippen LogP) is 6.73. The van der Waals surface area contributed by atoms with Gasteiger partial charge in [-0.25, -0.2) is 0 Å². The third-order valence-corrected chi connectivity index (χ3v) is 8.17. The number of fused-ring (bicyclic) bond motifs is 3. The lowest BCUT2D eigenvalue weighted by Gasteiger charge is -2.28. The van der Waals surface area contributed by atoms with Gasteiger partial charge < -0.3 is 15.1 Å².